The van der Waals surface area contributed by atoms with Gasteiger partial charge in [0.25, 0.3) is 0 Å². The Morgan fingerprint density at radius 1 is 1.16 bits per heavy atom. The van der Waals surface area contributed by atoms with Crippen molar-refractivity contribution in [3.63, 3.8) is 0 Å². The minimum Gasteiger partial charge on any atom is -0.354 e. The van der Waals surface area contributed by atoms with Crippen LogP contribution < -0.4 is 10.6 Å². The highest BCUT2D eigenvalue weighted by atomic mass is 127. The summed E-state index contributed by atoms with van der Waals surface area (Å²) < 4.78 is 0. The van der Waals surface area contributed by atoms with Crippen molar-refractivity contribution < 1.29 is 0 Å². The third kappa shape index (κ3) is 5.97. The molecule has 0 bridgehead atoms. The van der Waals surface area contributed by atoms with E-state index in [1.165, 1.54) is 37.1 Å². The zero-order valence-electron chi connectivity index (χ0n) is 14.6. The fourth-order valence-electron chi connectivity index (χ4n) is 3.18. The molecule has 1 aromatic heterocycles. The fourth-order valence-corrected chi connectivity index (χ4v) is 3.85. The van der Waals surface area contributed by atoms with Crippen LogP contribution in [0.4, 0.5) is 0 Å². The number of hydrogen-bond donors (Lipinski definition) is 2. The van der Waals surface area contributed by atoms with E-state index in [0.717, 1.165) is 19.0 Å². The number of nitrogens with zero attached hydrogens (tertiary/aromatic N) is 2. The molecule has 0 radical (unpaired) electrons. The Bertz CT molecular complexity index is 624. The summed E-state index contributed by atoms with van der Waals surface area (Å²) >= 11 is 1.72. The number of thiophene rings is 1. The van der Waals surface area contributed by atoms with Gasteiger partial charge in [0.2, 0.25) is 0 Å². The Hall–Kier alpha value is -1.12. The maximum Gasteiger partial charge on any atom is 0.191 e. The van der Waals surface area contributed by atoms with E-state index >= 15 is 0 Å². The Balaban J connectivity index is 0.00000225. The van der Waals surface area contributed by atoms with E-state index in [1.807, 2.05) is 7.05 Å². The van der Waals surface area contributed by atoms with E-state index in [2.05, 4.69) is 67.7 Å². The lowest BCUT2D eigenvalue weighted by Gasteiger charge is -2.29. The first-order valence-corrected chi connectivity index (χ1v) is 9.55. The number of guanidine groups is 1. The highest BCUT2D eigenvalue weighted by Gasteiger charge is 2.23. The van der Waals surface area contributed by atoms with Crippen molar-refractivity contribution in [2.45, 2.75) is 25.4 Å². The van der Waals surface area contributed by atoms with Crippen molar-refractivity contribution in [2.75, 3.05) is 26.7 Å². The van der Waals surface area contributed by atoms with Gasteiger partial charge < -0.3 is 10.6 Å². The number of nitrogens with one attached hydrogen (secondary N) is 2. The molecule has 0 saturated carbocycles. The first-order chi connectivity index (χ1) is 11.9. The Morgan fingerprint density at radius 2 is 1.92 bits per heavy atom. The average molecular weight is 470 g/mol. The predicted octanol–water partition coefficient (Wildman–Crippen LogP) is 3.87. The third-order valence-corrected chi connectivity index (χ3v) is 5.22. The van der Waals surface area contributed by atoms with E-state index in [0.29, 0.717) is 6.04 Å². The summed E-state index contributed by atoms with van der Waals surface area (Å²) in [6, 6.07) is 13.3. The Morgan fingerprint density at radius 3 is 2.56 bits per heavy atom. The van der Waals surface area contributed by atoms with Gasteiger partial charge in [0.1, 0.15) is 0 Å². The summed E-state index contributed by atoms with van der Waals surface area (Å²) in [5, 5.41) is 11.2. The van der Waals surface area contributed by atoms with Crippen molar-refractivity contribution in [1.29, 1.82) is 0 Å². The minimum absolute atomic E-state index is 0. The Kier molecular flexibility index (Phi) is 8.71. The van der Waals surface area contributed by atoms with Crippen molar-refractivity contribution >= 4 is 41.3 Å². The monoisotopic (exact) mass is 470 g/mol. The molecule has 25 heavy (non-hydrogen) atoms. The van der Waals surface area contributed by atoms with Crippen molar-refractivity contribution in [2.24, 2.45) is 4.99 Å². The molecule has 3 rings (SSSR count). The maximum absolute atomic E-state index is 4.36. The van der Waals surface area contributed by atoms with Crippen LogP contribution in [0.25, 0.3) is 0 Å². The molecule has 0 spiro atoms. The number of hydrogen-bond acceptors (Lipinski definition) is 3. The second kappa shape index (κ2) is 10.8. The van der Waals surface area contributed by atoms with E-state index in [9.17, 15) is 0 Å². The number of aliphatic imine (C=N–C) groups is 1. The van der Waals surface area contributed by atoms with E-state index in [1.54, 1.807) is 11.3 Å². The smallest absolute Gasteiger partial charge is 0.191 e. The van der Waals surface area contributed by atoms with Crippen molar-refractivity contribution in [3.05, 3.63) is 58.3 Å². The van der Waals surface area contributed by atoms with E-state index < -0.39 is 0 Å². The molecule has 2 aromatic rings. The van der Waals surface area contributed by atoms with Gasteiger partial charge in [-0.05, 0) is 53.9 Å². The summed E-state index contributed by atoms with van der Waals surface area (Å²) in [7, 11) is 1.83. The molecule has 6 heteroatoms. The molecule has 1 aliphatic heterocycles. The third-order valence-electron chi connectivity index (χ3n) is 4.49. The fraction of sp³-hybridized carbons (Fsp3) is 0.421. The molecule has 2 heterocycles. The van der Waals surface area contributed by atoms with E-state index in [4.69, 9.17) is 0 Å². The molecule has 1 aliphatic rings. The van der Waals surface area contributed by atoms with Crippen LogP contribution >= 0.6 is 35.3 Å². The van der Waals surface area contributed by atoms with Gasteiger partial charge in [-0.2, -0.15) is 11.3 Å². The van der Waals surface area contributed by atoms with Crippen LogP contribution in [-0.4, -0.2) is 37.5 Å². The first kappa shape index (κ1) is 20.2. The SMILES string of the molecule is CN=C(NCc1ccsc1)NCC(c1ccccc1)N1CCCC1.I. The van der Waals surface area contributed by atoms with Gasteiger partial charge >= 0.3 is 0 Å². The van der Waals surface area contributed by atoms with Gasteiger partial charge in [-0.3, -0.25) is 9.89 Å². The lowest BCUT2D eigenvalue weighted by Crippen LogP contribution is -2.42. The summed E-state index contributed by atoms with van der Waals surface area (Å²) in [5.74, 6) is 0.862. The predicted molar refractivity (Wildman–Crippen MR) is 118 cm³/mol. The lowest BCUT2D eigenvalue weighted by molar-refractivity contribution is 0.245. The van der Waals surface area contributed by atoms with Gasteiger partial charge in [0.15, 0.2) is 5.96 Å². The van der Waals surface area contributed by atoms with Crippen LogP contribution in [-0.2, 0) is 6.54 Å². The molecule has 1 unspecified atom stereocenters. The van der Waals surface area contributed by atoms with Gasteiger partial charge in [-0.1, -0.05) is 30.3 Å². The standard InChI is InChI=1S/C19H26N4S.HI/c1-20-19(21-13-16-9-12-24-15-16)22-14-18(23-10-5-6-11-23)17-7-3-2-4-8-17;/h2-4,7-9,12,15,18H,5-6,10-11,13-14H2,1H3,(H2,20,21,22);1H. The molecule has 0 amide bonds. The van der Waals surface area contributed by atoms with Crippen LogP contribution in [0.3, 0.4) is 0 Å². The number of likely N-dealkylation sites (tertiary alicyclic amines) is 1. The largest absolute Gasteiger partial charge is 0.354 e. The molecule has 1 fully saturated rings. The lowest BCUT2D eigenvalue weighted by atomic mass is 10.1. The molecular formula is C19H27IN4S. The van der Waals surface area contributed by atoms with Crippen molar-refractivity contribution in [3.8, 4) is 0 Å². The normalized spacial score (nSPS) is 16.3. The summed E-state index contributed by atoms with van der Waals surface area (Å²) in [4.78, 5) is 6.94. The zero-order chi connectivity index (χ0) is 16.6. The molecule has 0 aliphatic carbocycles. The second-order valence-electron chi connectivity index (χ2n) is 6.11. The van der Waals surface area contributed by atoms with Crippen LogP contribution in [0.2, 0.25) is 0 Å². The van der Waals surface area contributed by atoms with E-state index in [-0.39, 0.29) is 24.0 Å². The summed E-state index contributed by atoms with van der Waals surface area (Å²) in [6.45, 7) is 4.04. The molecule has 136 valence electrons. The summed E-state index contributed by atoms with van der Waals surface area (Å²) in [6.07, 6.45) is 2.60. The van der Waals surface area contributed by atoms with Gasteiger partial charge in [-0.25, -0.2) is 0 Å². The average Bonchev–Trinajstić information content (AvgIpc) is 3.32. The number of halogens is 1. The molecule has 1 aromatic carbocycles. The second-order valence-corrected chi connectivity index (χ2v) is 6.89. The quantitative estimate of drug-likeness (QED) is 0.383. The number of rotatable bonds is 6. The maximum atomic E-state index is 4.36. The van der Waals surface area contributed by atoms with Crippen LogP contribution in [0.5, 0.6) is 0 Å². The van der Waals surface area contributed by atoms with Crippen LogP contribution in [0.15, 0.2) is 52.2 Å². The van der Waals surface area contributed by atoms with Crippen LogP contribution in [0.1, 0.15) is 30.0 Å². The highest BCUT2D eigenvalue weighted by molar-refractivity contribution is 14.0. The zero-order valence-corrected chi connectivity index (χ0v) is 17.8. The molecular weight excluding hydrogens is 443 g/mol. The molecule has 2 N–H and O–H groups in total. The van der Waals surface area contributed by atoms with Gasteiger partial charge in [-0.15, -0.1) is 24.0 Å². The molecule has 1 atom stereocenters. The molecule has 4 nitrogen and oxygen atoms in total. The van der Waals surface area contributed by atoms with Crippen molar-refractivity contribution in [1.82, 2.24) is 15.5 Å². The topological polar surface area (TPSA) is 39.7 Å². The minimum atomic E-state index is 0. The van der Waals surface area contributed by atoms with Gasteiger partial charge in [0, 0.05) is 20.1 Å². The van der Waals surface area contributed by atoms with Crippen LogP contribution in [0, 0.1) is 0 Å². The molecule has 1 saturated heterocycles. The summed E-state index contributed by atoms with van der Waals surface area (Å²) in [5.41, 5.74) is 2.67. The Labute approximate surface area is 171 Å². The number of benzene rings is 1. The first-order valence-electron chi connectivity index (χ1n) is 8.61. The van der Waals surface area contributed by atoms with Gasteiger partial charge in [0.05, 0.1) is 6.04 Å². The highest BCUT2D eigenvalue weighted by Crippen LogP contribution is 2.24.